The van der Waals surface area contributed by atoms with Crippen molar-refractivity contribution in [1.82, 2.24) is 0 Å². The summed E-state index contributed by atoms with van der Waals surface area (Å²) in [6, 6.07) is 0. The maximum absolute atomic E-state index is 11.7. The summed E-state index contributed by atoms with van der Waals surface area (Å²) < 4.78 is 26.2. The predicted molar refractivity (Wildman–Crippen MR) is 87.0 cm³/mol. The zero-order valence-electron chi connectivity index (χ0n) is 15.9. The number of Topliss-reactive ketones (excluding diaryl/α,β-unsaturated/α-hetero) is 1. The molecule has 0 aromatic heterocycles. The molecule has 0 radical (unpaired) electrons. The first-order valence-corrected chi connectivity index (χ1v) is 8.31. The van der Waals surface area contributed by atoms with Crippen LogP contribution in [0.2, 0.25) is 0 Å². The van der Waals surface area contributed by atoms with Gasteiger partial charge in [0.2, 0.25) is 6.29 Å². The van der Waals surface area contributed by atoms with Gasteiger partial charge in [-0.05, 0) is 6.92 Å². The molecule has 1 unspecified atom stereocenters. The maximum atomic E-state index is 11.7. The van der Waals surface area contributed by atoms with Crippen molar-refractivity contribution in [3.05, 3.63) is 0 Å². The van der Waals surface area contributed by atoms with Gasteiger partial charge >= 0.3 is 23.9 Å². The molecular weight excluding hydrogens is 364 g/mol. The highest BCUT2D eigenvalue weighted by Gasteiger charge is 2.51. The van der Waals surface area contributed by atoms with E-state index in [1.807, 2.05) is 0 Å². The van der Waals surface area contributed by atoms with Gasteiger partial charge in [-0.3, -0.25) is 19.2 Å². The third kappa shape index (κ3) is 7.33. The Kier molecular flexibility index (Phi) is 8.35. The minimum Gasteiger partial charge on any atom is -0.463 e. The molecule has 0 amide bonds. The standard InChI is InChI=1S/C17H24O10/c1-8(18)6-13-15(24-10(3)20)16(25-11(4)21)14(7-23-9(2)19)27-17(13)26-12(5)22/h13-17H,6-7H2,1-5H3/t13-,14+,15+,16+,17?/m0/s1. The average Bonchev–Trinajstić information content (AvgIpc) is 2.49. The largest absolute Gasteiger partial charge is 0.463 e. The van der Waals surface area contributed by atoms with Gasteiger partial charge in [0.1, 0.15) is 18.5 Å². The van der Waals surface area contributed by atoms with E-state index in [0.717, 1.165) is 20.8 Å². The molecule has 1 fully saturated rings. The molecule has 1 rings (SSSR count). The van der Waals surface area contributed by atoms with E-state index in [9.17, 15) is 24.0 Å². The summed E-state index contributed by atoms with van der Waals surface area (Å²) in [5.74, 6) is -3.88. The van der Waals surface area contributed by atoms with Gasteiger partial charge in [-0.25, -0.2) is 0 Å². The Morgan fingerprint density at radius 1 is 0.741 bits per heavy atom. The summed E-state index contributed by atoms with van der Waals surface area (Å²) in [6.45, 7) is 5.58. The lowest BCUT2D eigenvalue weighted by Crippen LogP contribution is -2.59. The van der Waals surface area contributed by atoms with Crippen molar-refractivity contribution < 1.29 is 47.7 Å². The van der Waals surface area contributed by atoms with Crippen LogP contribution in [-0.4, -0.2) is 60.9 Å². The van der Waals surface area contributed by atoms with Gasteiger partial charge in [-0.1, -0.05) is 0 Å². The molecule has 27 heavy (non-hydrogen) atoms. The lowest BCUT2D eigenvalue weighted by Gasteiger charge is -2.44. The third-order valence-corrected chi connectivity index (χ3v) is 3.63. The summed E-state index contributed by atoms with van der Waals surface area (Å²) in [7, 11) is 0. The van der Waals surface area contributed by atoms with Crippen LogP contribution in [0.25, 0.3) is 0 Å². The van der Waals surface area contributed by atoms with Gasteiger partial charge in [-0.2, -0.15) is 0 Å². The summed E-state index contributed by atoms with van der Waals surface area (Å²) in [4.78, 5) is 57.4. The van der Waals surface area contributed by atoms with Crippen LogP contribution in [0.3, 0.4) is 0 Å². The van der Waals surface area contributed by atoms with Crippen LogP contribution < -0.4 is 0 Å². The van der Waals surface area contributed by atoms with E-state index in [4.69, 9.17) is 23.7 Å². The van der Waals surface area contributed by atoms with Crippen LogP contribution in [0.15, 0.2) is 0 Å². The Morgan fingerprint density at radius 2 is 1.26 bits per heavy atom. The number of ketones is 1. The van der Waals surface area contributed by atoms with Crippen LogP contribution in [0, 0.1) is 5.92 Å². The van der Waals surface area contributed by atoms with Gasteiger partial charge in [0.25, 0.3) is 0 Å². The molecule has 0 bridgehead atoms. The van der Waals surface area contributed by atoms with Crippen molar-refractivity contribution in [2.45, 2.75) is 65.6 Å². The highest BCUT2D eigenvalue weighted by atomic mass is 16.7. The molecular formula is C17H24O10. The number of ether oxygens (including phenoxy) is 5. The van der Waals surface area contributed by atoms with Crippen LogP contribution in [0.1, 0.15) is 41.0 Å². The average molecular weight is 388 g/mol. The Labute approximate surface area is 156 Å². The number of hydrogen-bond donors (Lipinski definition) is 0. The number of carbonyl (C=O) groups is 5. The number of rotatable bonds is 7. The van der Waals surface area contributed by atoms with Crippen molar-refractivity contribution in [3.63, 3.8) is 0 Å². The Balaban J connectivity index is 3.29. The Hall–Kier alpha value is -2.49. The molecule has 0 saturated carbocycles. The van der Waals surface area contributed by atoms with E-state index in [1.165, 1.54) is 13.8 Å². The summed E-state index contributed by atoms with van der Waals surface area (Å²) in [6.07, 6.45) is -4.80. The SMILES string of the molecule is CC(=O)C[C@@H]1C(OC(C)=O)O[C@H](COC(C)=O)[C@@H](OC(C)=O)[C@@H]1OC(C)=O. The van der Waals surface area contributed by atoms with Gasteiger partial charge in [-0.15, -0.1) is 0 Å². The molecule has 152 valence electrons. The fraction of sp³-hybridized carbons (Fsp3) is 0.706. The Morgan fingerprint density at radius 3 is 1.70 bits per heavy atom. The van der Waals surface area contributed by atoms with E-state index in [0.29, 0.717) is 0 Å². The Bertz CT molecular complexity index is 599. The topological polar surface area (TPSA) is 132 Å². The molecule has 0 N–H and O–H groups in total. The molecule has 0 aromatic rings. The zero-order valence-corrected chi connectivity index (χ0v) is 15.9. The monoisotopic (exact) mass is 388 g/mol. The van der Waals surface area contributed by atoms with Crippen LogP contribution >= 0.6 is 0 Å². The summed E-state index contributed by atoms with van der Waals surface area (Å²) in [5, 5.41) is 0. The first-order chi connectivity index (χ1) is 12.5. The van der Waals surface area contributed by atoms with E-state index in [-0.39, 0.29) is 18.8 Å². The van der Waals surface area contributed by atoms with E-state index in [2.05, 4.69) is 0 Å². The first kappa shape index (κ1) is 22.6. The van der Waals surface area contributed by atoms with Gasteiger partial charge < -0.3 is 28.5 Å². The zero-order chi connectivity index (χ0) is 20.7. The van der Waals surface area contributed by atoms with Crippen molar-refractivity contribution in [1.29, 1.82) is 0 Å². The second kappa shape index (κ2) is 10.0. The number of carbonyl (C=O) groups excluding carboxylic acids is 5. The molecule has 0 aromatic carbocycles. The van der Waals surface area contributed by atoms with Gasteiger partial charge in [0, 0.05) is 34.1 Å². The highest BCUT2D eigenvalue weighted by Crippen LogP contribution is 2.34. The van der Waals surface area contributed by atoms with Crippen LogP contribution in [-0.2, 0) is 47.7 Å². The van der Waals surface area contributed by atoms with Crippen LogP contribution in [0.4, 0.5) is 0 Å². The lowest BCUT2D eigenvalue weighted by molar-refractivity contribution is -0.283. The molecule has 1 aliphatic heterocycles. The van der Waals surface area contributed by atoms with E-state index in [1.54, 1.807) is 0 Å². The van der Waals surface area contributed by atoms with Crippen molar-refractivity contribution in [2.24, 2.45) is 5.92 Å². The summed E-state index contributed by atoms with van der Waals surface area (Å²) in [5.41, 5.74) is 0. The maximum Gasteiger partial charge on any atom is 0.304 e. The summed E-state index contributed by atoms with van der Waals surface area (Å²) >= 11 is 0. The second-order valence-electron chi connectivity index (χ2n) is 6.17. The van der Waals surface area contributed by atoms with Crippen molar-refractivity contribution >= 4 is 29.7 Å². The molecule has 1 aliphatic rings. The smallest absolute Gasteiger partial charge is 0.304 e. The van der Waals surface area contributed by atoms with E-state index >= 15 is 0 Å². The minimum atomic E-state index is -1.26. The van der Waals surface area contributed by atoms with Crippen LogP contribution in [0.5, 0.6) is 0 Å². The molecule has 10 nitrogen and oxygen atoms in total. The van der Waals surface area contributed by atoms with Gasteiger partial charge in [0.05, 0.1) is 5.92 Å². The number of hydrogen-bond acceptors (Lipinski definition) is 10. The highest BCUT2D eigenvalue weighted by molar-refractivity contribution is 5.76. The fourth-order valence-corrected chi connectivity index (χ4v) is 2.80. The third-order valence-electron chi connectivity index (χ3n) is 3.63. The molecule has 1 heterocycles. The molecule has 10 heteroatoms. The lowest BCUT2D eigenvalue weighted by atomic mass is 9.86. The number of esters is 4. The van der Waals surface area contributed by atoms with Crippen molar-refractivity contribution in [2.75, 3.05) is 6.61 Å². The molecule has 0 aliphatic carbocycles. The first-order valence-electron chi connectivity index (χ1n) is 8.31. The minimum absolute atomic E-state index is 0.159. The molecule has 5 atom stereocenters. The predicted octanol–water partition coefficient (Wildman–Crippen LogP) is 0.296. The quantitative estimate of drug-likeness (QED) is 0.443. The molecule has 1 saturated heterocycles. The molecule has 0 spiro atoms. The second-order valence-corrected chi connectivity index (χ2v) is 6.17. The normalized spacial score (nSPS) is 27.2. The van der Waals surface area contributed by atoms with E-state index < -0.39 is 54.4 Å². The van der Waals surface area contributed by atoms with Gasteiger partial charge in [0.15, 0.2) is 12.2 Å². The van der Waals surface area contributed by atoms with Crippen molar-refractivity contribution in [3.8, 4) is 0 Å². The fourth-order valence-electron chi connectivity index (χ4n) is 2.80.